The molecule has 0 bridgehead atoms. The van der Waals surface area contributed by atoms with Gasteiger partial charge in [-0.25, -0.2) is 0 Å². The normalized spacial score (nSPS) is 27.2. The SMILES string of the molecule is CCOC(=O)C1CCCN1CC1CCOCC1. The van der Waals surface area contributed by atoms with Crippen molar-refractivity contribution in [3.8, 4) is 0 Å². The zero-order chi connectivity index (χ0) is 12.1. The minimum Gasteiger partial charge on any atom is -0.465 e. The first-order valence-electron chi connectivity index (χ1n) is 6.79. The Labute approximate surface area is 103 Å². The molecule has 0 N–H and O–H groups in total. The molecule has 2 fully saturated rings. The number of hydrogen-bond acceptors (Lipinski definition) is 4. The Kier molecular flexibility index (Phi) is 4.80. The van der Waals surface area contributed by atoms with E-state index in [-0.39, 0.29) is 12.0 Å². The minimum atomic E-state index is -0.0305. The largest absolute Gasteiger partial charge is 0.465 e. The van der Waals surface area contributed by atoms with Crippen LogP contribution >= 0.6 is 0 Å². The van der Waals surface area contributed by atoms with Gasteiger partial charge in [-0.15, -0.1) is 0 Å². The molecule has 2 aliphatic heterocycles. The van der Waals surface area contributed by atoms with E-state index in [1.807, 2.05) is 6.92 Å². The molecule has 98 valence electrons. The highest BCUT2D eigenvalue weighted by atomic mass is 16.5. The van der Waals surface area contributed by atoms with Gasteiger partial charge >= 0.3 is 5.97 Å². The Bertz CT molecular complexity index is 251. The van der Waals surface area contributed by atoms with Gasteiger partial charge in [0.05, 0.1) is 6.61 Å². The molecule has 0 radical (unpaired) electrons. The number of hydrogen-bond donors (Lipinski definition) is 0. The van der Waals surface area contributed by atoms with Gasteiger partial charge in [0.15, 0.2) is 0 Å². The molecule has 17 heavy (non-hydrogen) atoms. The minimum absolute atomic E-state index is 0.0118. The zero-order valence-electron chi connectivity index (χ0n) is 10.7. The van der Waals surface area contributed by atoms with Gasteiger partial charge in [0.25, 0.3) is 0 Å². The molecule has 0 aromatic heterocycles. The van der Waals surface area contributed by atoms with Gasteiger partial charge in [-0.3, -0.25) is 9.69 Å². The number of ether oxygens (including phenoxy) is 2. The molecule has 0 aromatic carbocycles. The smallest absolute Gasteiger partial charge is 0.323 e. The van der Waals surface area contributed by atoms with Crippen LogP contribution in [0.4, 0.5) is 0 Å². The van der Waals surface area contributed by atoms with E-state index in [9.17, 15) is 4.79 Å². The maximum absolute atomic E-state index is 11.8. The molecule has 0 saturated carbocycles. The number of nitrogens with zero attached hydrogens (tertiary/aromatic N) is 1. The van der Waals surface area contributed by atoms with E-state index >= 15 is 0 Å². The second-order valence-electron chi connectivity index (χ2n) is 4.96. The van der Waals surface area contributed by atoms with Crippen LogP contribution in [0, 0.1) is 5.92 Å². The summed E-state index contributed by atoms with van der Waals surface area (Å²) in [5, 5.41) is 0. The van der Waals surface area contributed by atoms with Crippen molar-refractivity contribution in [1.82, 2.24) is 4.90 Å². The van der Waals surface area contributed by atoms with Crippen molar-refractivity contribution in [2.24, 2.45) is 5.92 Å². The van der Waals surface area contributed by atoms with Crippen LogP contribution in [0.3, 0.4) is 0 Å². The van der Waals surface area contributed by atoms with Crippen molar-refractivity contribution in [2.75, 3.05) is 32.9 Å². The lowest BCUT2D eigenvalue weighted by atomic mass is 9.99. The standard InChI is InChI=1S/C13H23NO3/c1-2-17-13(15)12-4-3-7-14(12)10-11-5-8-16-9-6-11/h11-12H,2-10H2,1H3. The topological polar surface area (TPSA) is 38.8 Å². The molecular weight excluding hydrogens is 218 g/mol. The van der Waals surface area contributed by atoms with Gasteiger partial charge in [-0.05, 0) is 45.1 Å². The maximum atomic E-state index is 11.8. The number of rotatable bonds is 4. The third-order valence-electron chi connectivity index (χ3n) is 3.76. The predicted octanol–water partition coefficient (Wildman–Crippen LogP) is 1.44. The van der Waals surface area contributed by atoms with Crippen LogP contribution < -0.4 is 0 Å². The summed E-state index contributed by atoms with van der Waals surface area (Å²) < 4.78 is 10.5. The summed E-state index contributed by atoms with van der Waals surface area (Å²) in [6, 6.07) is 0.0118. The Hall–Kier alpha value is -0.610. The molecular formula is C13H23NO3. The Morgan fingerprint density at radius 3 is 2.82 bits per heavy atom. The summed E-state index contributed by atoms with van der Waals surface area (Å²) >= 11 is 0. The van der Waals surface area contributed by atoms with Crippen molar-refractivity contribution < 1.29 is 14.3 Å². The zero-order valence-corrected chi connectivity index (χ0v) is 10.7. The predicted molar refractivity (Wildman–Crippen MR) is 64.8 cm³/mol. The van der Waals surface area contributed by atoms with E-state index in [0.717, 1.165) is 52.0 Å². The average Bonchev–Trinajstić information content (AvgIpc) is 2.79. The van der Waals surface area contributed by atoms with Crippen molar-refractivity contribution >= 4 is 5.97 Å². The van der Waals surface area contributed by atoms with Crippen molar-refractivity contribution in [1.29, 1.82) is 0 Å². The maximum Gasteiger partial charge on any atom is 0.323 e. The second kappa shape index (κ2) is 6.36. The summed E-state index contributed by atoms with van der Waals surface area (Å²) in [5.74, 6) is 0.663. The number of esters is 1. The third-order valence-corrected chi connectivity index (χ3v) is 3.76. The quantitative estimate of drug-likeness (QED) is 0.698. The summed E-state index contributed by atoms with van der Waals surface area (Å²) in [5.41, 5.74) is 0. The number of likely N-dealkylation sites (tertiary alicyclic amines) is 1. The second-order valence-corrected chi connectivity index (χ2v) is 4.96. The lowest BCUT2D eigenvalue weighted by Gasteiger charge is -2.29. The highest BCUT2D eigenvalue weighted by molar-refractivity contribution is 5.76. The molecule has 0 spiro atoms. The highest BCUT2D eigenvalue weighted by Gasteiger charge is 2.33. The van der Waals surface area contributed by atoms with Crippen LogP contribution in [-0.4, -0.2) is 49.8 Å². The van der Waals surface area contributed by atoms with Gasteiger partial charge in [0, 0.05) is 19.8 Å². The average molecular weight is 241 g/mol. The molecule has 2 aliphatic rings. The van der Waals surface area contributed by atoms with Gasteiger partial charge in [0.2, 0.25) is 0 Å². The Morgan fingerprint density at radius 1 is 1.35 bits per heavy atom. The lowest BCUT2D eigenvalue weighted by molar-refractivity contribution is -0.148. The van der Waals surface area contributed by atoms with Crippen LogP contribution in [0.2, 0.25) is 0 Å². The lowest BCUT2D eigenvalue weighted by Crippen LogP contribution is -2.41. The third kappa shape index (κ3) is 3.42. The molecule has 4 heteroatoms. The highest BCUT2D eigenvalue weighted by Crippen LogP contribution is 2.23. The fraction of sp³-hybridized carbons (Fsp3) is 0.923. The summed E-state index contributed by atoms with van der Waals surface area (Å²) in [6.07, 6.45) is 4.34. The van der Waals surface area contributed by atoms with Gasteiger partial charge < -0.3 is 9.47 Å². The molecule has 1 unspecified atom stereocenters. The summed E-state index contributed by atoms with van der Waals surface area (Å²) in [7, 11) is 0. The first-order chi connectivity index (χ1) is 8.31. The summed E-state index contributed by atoms with van der Waals surface area (Å²) in [6.45, 7) is 6.19. The monoisotopic (exact) mass is 241 g/mol. The van der Waals surface area contributed by atoms with Gasteiger partial charge in [-0.2, -0.15) is 0 Å². The van der Waals surface area contributed by atoms with Crippen LogP contribution in [0.15, 0.2) is 0 Å². The number of carbonyl (C=O) groups is 1. The fourth-order valence-electron chi connectivity index (χ4n) is 2.81. The van der Waals surface area contributed by atoms with Crippen molar-refractivity contribution in [3.63, 3.8) is 0 Å². The van der Waals surface area contributed by atoms with Crippen LogP contribution in [0.1, 0.15) is 32.6 Å². The van der Waals surface area contributed by atoms with Gasteiger partial charge in [0.1, 0.15) is 6.04 Å². The van der Waals surface area contributed by atoms with E-state index < -0.39 is 0 Å². The first-order valence-corrected chi connectivity index (χ1v) is 6.79. The van der Waals surface area contributed by atoms with E-state index in [4.69, 9.17) is 9.47 Å². The van der Waals surface area contributed by atoms with E-state index in [1.54, 1.807) is 0 Å². The van der Waals surface area contributed by atoms with Crippen LogP contribution in [-0.2, 0) is 14.3 Å². The molecule has 0 aromatic rings. The summed E-state index contributed by atoms with van der Waals surface area (Å²) in [4.78, 5) is 14.1. The number of carbonyl (C=O) groups excluding carboxylic acids is 1. The fourth-order valence-corrected chi connectivity index (χ4v) is 2.81. The molecule has 0 aliphatic carbocycles. The van der Waals surface area contributed by atoms with Gasteiger partial charge in [-0.1, -0.05) is 0 Å². The molecule has 2 saturated heterocycles. The molecule has 0 amide bonds. The molecule has 2 heterocycles. The van der Waals surface area contributed by atoms with Crippen LogP contribution in [0.5, 0.6) is 0 Å². The van der Waals surface area contributed by atoms with Crippen molar-refractivity contribution in [2.45, 2.75) is 38.6 Å². The van der Waals surface area contributed by atoms with Crippen molar-refractivity contribution in [3.05, 3.63) is 0 Å². The molecule has 2 rings (SSSR count). The first kappa shape index (κ1) is 12.8. The van der Waals surface area contributed by atoms with E-state index in [2.05, 4.69) is 4.90 Å². The molecule has 4 nitrogen and oxygen atoms in total. The molecule has 1 atom stereocenters. The van der Waals surface area contributed by atoms with Crippen LogP contribution in [0.25, 0.3) is 0 Å². The van der Waals surface area contributed by atoms with E-state index in [1.165, 1.54) is 0 Å². The Balaban J connectivity index is 1.83. The van der Waals surface area contributed by atoms with E-state index in [0.29, 0.717) is 12.5 Å². The Morgan fingerprint density at radius 2 is 2.12 bits per heavy atom.